The Labute approximate surface area is 190 Å². The van der Waals surface area contributed by atoms with Gasteiger partial charge in [-0.05, 0) is 50.1 Å². The van der Waals surface area contributed by atoms with Crippen molar-refractivity contribution >= 4 is 28.5 Å². The molecule has 1 saturated heterocycles. The fourth-order valence-corrected chi connectivity index (χ4v) is 4.01. The second kappa shape index (κ2) is 11.2. The van der Waals surface area contributed by atoms with Crippen LogP contribution >= 0.6 is 11.5 Å². The number of urea groups is 1. The zero-order valence-electron chi connectivity index (χ0n) is 18.2. The first kappa shape index (κ1) is 23.9. The van der Waals surface area contributed by atoms with Crippen molar-refractivity contribution in [1.82, 2.24) is 19.5 Å². The maximum Gasteiger partial charge on any atom is 0.344 e. The van der Waals surface area contributed by atoms with E-state index in [1.54, 1.807) is 19.1 Å². The number of aryl methyl sites for hydroxylation is 1. The van der Waals surface area contributed by atoms with Gasteiger partial charge in [-0.2, -0.15) is 4.37 Å². The van der Waals surface area contributed by atoms with E-state index >= 15 is 0 Å². The van der Waals surface area contributed by atoms with Crippen LogP contribution < -0.4 is 15.4 Å². The first-order chi connectivity index (χ1) is 15.3. The smallest absolute Gasteiger partial charge is 0.344 e. The molecule has 9 nitrogen and oxygen atoms in total. The summed E-state index contributed by atoms with van der Waals surface area (Å²) in [6, 6.07) is 4.18. The zero-order valence-corrected chi connectivity index (χ0v) is 19.0. The highest BCUT2D eigenvalue weighted by Gasteiger charge is 2.24. The molecule has 11 heteroatoms. The Balaban J connectivity index is 1.49. The summed E-state index contributed by atoms with van der Waals surface area (Å²) in [5, 5.41) is 14.9. The molecule has 3 rings (SSSR count). The number of nitrogens with one attached hydrogen (secondary N) is 2. The van der Waals surface area contributed by atoms with Crippen molar-refractivity contribution in [3.63, 3.8) is 0 Å². The predicted molar refractivity (Wildman–Crippen MR) is 120 cm³/mol. The van der Waals surface area contributed by atoms with Gasteiger partial charge in [0.25, 0.3) is 0 Å². The van der Waals surface area contributed by atoms with Crippen LogP contribution in [0.15, 0.2) is 18.2 Å². The van der Waals surface area contributed by atoms with Gasteiger partial charge in [-0.1, -0.05) is 12.1 Å². The lowest BCUT2D eigenvalue weighted by atomic mass is 10.1. The lowest BCUT2D eigenvalue weighted by Crippen LogP contribution is -2.45. The quantitative estimate of drug-likeness (QED) is 0.489. The van der Waals surface area contributed by atoms with Crippen molar-refractivity contribution in [3.8, 4) is 5.88 Å². The molecule has 3 N–H and O–H groups in total. The highest BCUT2D eigenvalue weighted by Crippen LogP contribution is 2.31. The van der Waals surface area contributed by atoms with Crippen LogP contribution in [0.2, 0.25) is 0 Å². The number of carbonyl (C=O) groups excluding carboxylic acids is 1. The van der Waals surface area contributed by atoms with Crippen molar-refractivity contribution in [2.24, 2.45) is 0 Å². The van der Waals surface area contributed by atoms with E-state index < -0.39 is 17.8 Å². The molecule has 0 radical (unpaired) electrons. The largest absolute Gasteiger partial charge is 0.477 e. The van der Waals surface area contributed by atoms with Crippen LogP contribution in [0.25, 0.3) is 0 Å². The number of rotatable bonds is 9. The lowest BCUT2D eigenvalue weighted by molar-refractivity contribution is 0.0693. The van der Waals surface area contributed by atoms with Gasteiger partial charge < -0.3 is 25.0 Å². The minimum Gasteiger partial charge on any atom is -0.477 e. The van der Waals surface area contributed by atoms with Gasteiger partial charge in [0.15, 0.2) is 5.56 Å². The van der Waals surface area contributed by atoms with Gasteiger partial charge in [0.05, 0.1) is 0 Å². The first-order valence-corrected chi connectivity index (χ1v) is 11.2. The van der Waals surface area contributed by atoms with Crippen LogP contribution in [0.3, 0.4) is 0 Å². The Morgan fingerprint density at radius 2 is 2.03 bits per heavy atom. The van der Waals surface area contributed by atoms with Gasteiger partial charge in [0, 0.05) is 38.3 Å². The number of likely N-dealkylation sites (N-methyl/N-ethyl adjacent to an activating group) is 1. The fourth-order valence-electron chi connectivity index (χ4n) is 3.29. The number of anilines is 1. The lowest BCUT2D eigenvalue weighted by Gasteiger charge is -2.32. The monoisotopic (exact) mass is 465 g/mol. The van der Waals surface area contributed by atoms with E-state index in [4.69, 9.17) is 4.74 Å². The van der Waals surface area contributed by atoms with E-state index in [0.29, 0.717) is 6.54 Å². The number of carboxylic acids is 1. The number of carboxylic acid groups (broad SMARTS) is 1. The molecule has 0 aliphatic carbocycles. The summed E-state index contributed by atoms with van der Waals surface area (Å²) in [7, 11) is 2.10. The topological polar surface area (TPSA) is 107 Å². The number of aromatic carboxylic acids is 1. The van der Waals surface area contributed by atoms with Crippen LogP contribution in [-0.4, -0.2) is 77.6 Å². The van der Waals surface area contributed by atoms with Crippen LogP contribution in [-0.2, 0) is 6.61 Å². The minimum atomic E-state index is -1.29. The summed E-state index contributed by atoms with van der Waals surface area (Å²) in [6.45, 7) is 7.07. The van der Waals surface area contributed by atoms with Gasteiger partial charge in [-0.15, -0.1) is 0 Å². The number of halogens is 1. The summed E-state index contributed by atoms with van der Waals surface area (Å²) in [5.74, 6) is -1.89. The number of ether oxygens (including phenoxy) is 1. The summed E-state index contributed by atoms with van der Waals surface area (Å²) < 4.78 is 23.4. The second-order valence-electron chi connectivity index (χ2n) is 7.76. The third kappa shape index (κ3) is 6.62. The van der Waals surface area contributed by atoms with Crippen LogP contribution in [0.5, 0.6) is 5.88 Å². The molecule has 1 aliphatic heterocycles. The Morgan fingerprint density at radius 1 is 1.28 bits per heavy atom. The maximum atomic E-state index is 14.0. The molecule has 174 valence electrons. The molecule has 0 bridgehead atoms. The average Bonchev–Trinajstić information content (AvgIpc) is 3.14. The third-order valence-corrected chi connectivity index (χ3v) is 5.95. The van der Waals surface area contributed by atoms with E-state index in [9.17, 15) is 19.1 Å². The highest BCUT2D eigenvalue weighted by atomic mass is 32.1. The molecule has 1 aromatic heterocycles. The van der Waals surface area contributed by atoms with E-state index in [1.165, 1.54) is 6.07 Å². The first-order valence-electron chi connectivity index (χ1n) is 10.4. The van der Waals surface area contributed by atoms with Crippen molar-refractivity contribution < 1.29 is 23.8 Å². The number of amides is 2. The number of piperazine rings is 1. The standard InChI is InChI=1S/C21H28FN5O4S/c1-14-4-5-15(16(22)12-14)13-31-18-17(20(28)29)19(32-25-18)24-21(30)23-6-3-7-27-10-8-26(2)9-11-27/h4-5,12H,3,6-11,13H2,1-2H3,(H,28,29)(H2,23,24,30). The van der Waals surface area contributed by atoms with E-state index in [-0.39, 0.29) is 28.6 Å². The Bertz CT molecular complexity index is 946. The molecular formula is C21H28FN5O4S. The predicted octanol–water partition coefficient (Wildman–Crippen LogP) is 2.63. The van der Waals surface area contributed by atoms with Gasteiger partial charge in [-0.3, -0.25) is 5.32 Å². The van der Waals surface area contributed by atoms with E-state index in [1.807, 2.05) is 0 Å². The molecule has 1 aromatic carbocycles. The molecule has 32 heavy (non-hydrogen) atoms. The normalized spacial score (nSPS) is 14.8. The molecule has 1 aliphatic rings. The van der Waals surface area contributed by atoms with Gasteiger partial charge in [0.2, 0.25) is 5.88 Å². The molecule has 2 heterocycles. The SMILES string of the molecule is Cc1ccc(COc2nsc(NC(=O)NCCCN3CCN(C)CC3)c2C(=O)O)c(F)c1. The molecule has 0 spiro atoms. The fraction of sp³-hybridized carbons (Fsp3) is 0.476. The van der Waals surface area contributed by atoms with Crippen molar-refractivity contribution in [2.75, 3.05) is 51.6 Å². The Hall–Kier alpha value is -2.76. The molecule has 1 fully saturated rings. The number of hydrogen-bond donors (Lipinski definition) is 3. The molecular weight excluding hydrogens is 437 g/mol. The number of benzene rings is 1. The number of nitrogens with zero attached hydrogens (tertiary/aromatic N) is 3. The van der Waals surface area contributed by atoms with E-state index in [0.717, 1.165) is 56.2 Å². The summed E-state index contributed by atoms with van der Waals surface area (Å²) >= 11 is 0.802. The molecule has 0 unspecified atom stereocenters. The van der Waals surface area contributed by atoms with Crippen LogP contribution in [0.1, 0.15) is 27.9 Å². The van der Waals surface area contributed by atoms with E-state index in [2.05, 4.69) is 31.9 Å². The number of carbonyl (C=O) groups is 2. The van der Waals surface area contributed by atoms with Gasteiger partial charge in [-0.25, -0.2) is 14.0 Å². The average molecular weight is 466 g/mol. The Kier molecular flexibility index (Phi) is 8.37. The molecule has 2 amide bonds. The van der Waals surface area contributed by atoms with Crippen molar-refractivity contribution in [2.45, 2.75) is 20.0 Å². The maximum absolute atomic E-state index is 14.0. The summed E-state index contributed by atoms with van der Waals surface area (Å²) in [4.78, 5) is 28.5. The number of hydrogen-bond acceptors (Lipinski definition) is 7. The molecule has 0 atom stereocenters. The molecule has 0 saturated carbocycles. The second-order valence-corrected chi connectivity index (χ2v) is 8.53. The van der Waals surface area contributed by atoms with Gasteiger partial charge in [0.1, 0.15) is 17.4 Å². The molecule has 2 aromatic rings. The van der Waals surface area contributed by atoms with Crippen molar-refractivity contribution in [1.29, 1.82) is 0 Å². The zero-order chi connectivity index (χ0) is 23.1. The number of aromatic nitrogens is 1. The summed E-state index contributed by atoms with van der Waals surface area (Å²) in [6.07, 6.45) is 0.794. The van der Waals surface area contributed by atoms with Crippen molar-refractivity contribution in [3.05, 3.63) is 40.7 Å². The highest BCUT2D eigenvalue weighted by molar-refractivity contribution is 7.11. The van der Waals surface area contributed by atoms with Gasteiger partial charge >= 0.3 is 12.0 Å². The van der Waals surface area contributed by atoms with Crippen LogP contribution in [0, 0.1) is 12.7 Å². The Morgan fingerprint density at radius 3 is 2.72 bits per heavy atom. The minimum absolute atomic E-state index is 0.0634. The van der Waals surface area contributed by atoms with Crippen LogP contribution in [0.4, 0.5) is 14.2 Å². The summed E-state index contributed by atoms with van der Waals surface area (Å²) in [5.41, 5.74) is 0.801. The third-order valence-electron chi connectivity index (χ3n) is 5.21.